The fraction of sp³-hybridized carbons (Fsp3) is 0.951. The molecular formula is C41H69N3O8. The first-order valence-corrected chi connectivity index (χ1v) is 21.1. The largest absolute Gasteiger partial charge is 0.394 e. The number of hydrogen-bond donors (Lipinski definition) is 4. The lowest BCUT2D eigenvalue weighted by Gasteiger charge is -2.62. The quantitative estimate of drug-likeness (QED) is 0.230. The van der Waals surface area contributed by atoms with Crippen molar-refractivity contribution in [3.63, 3.8) is 0 Å². The van der Waals surface area contributed by atoms with Crippen molar-refractivity contribution in [1.29, 1.82) is 0 Å². The Bertz CT molecular complexity index is 1230. The smallest absolute Gasteiger partial charge is 0.240 e. The number of carbonyl (C=O) groups excluding carboxylic acids is 2. The van der Waals surface area contributed by atoms with E-state index in [9.17, 15) is 19.8 Å². The lowest BCUT2D eigenvalue weighted by atomic mass is 9.45. The number of rotatable bonds is 12. The van der Waals surface area contributed by atoms with Crippen molar-refractivity contribution < 1.29 is 38.9 Å². The van der Waals surface area contributed by atoms with Crippen LogP contribution in [-0.4, -0.2) is 103 Å². The second-order valence-electron chi connectivity index (χ2n) is 18.7. The van der Waals surface area contributed by atoms with Crippen LogP contribution in [0.15, 0.2) is 0 Å². The van der Waals surface area contributed by atoms with Crippen LogP contribution in [0.2, 0.25) is 0 Å². The predicted molar refractivity (Wildman–Crippen MR) is 195 cm³/mol. The Morgan fingerprint density at radius 2 is 1.79 bits per heavy atom. The molecule has 52 heavy (non-hydrogen) atoms. The van der Waals surface area contributed by atoms with Crippen LogP contribution in [0.4, 0.5) is 0 Å². The number of aliphatic hydroxyl groups excluding tert-OH is 2. The highest BCUT2D eigenvalue weighted by molar-refractivity contribution is 5.83. The van der Waals surface area contributed by atoms with Gasteiger partial charge in [-0.2, -0.15) is 5.06 Å². The molecule has 11 heteroatoms. The molecule has 0 radical (unpaired) electrons. The number of methoxy groups -OCH3 is 1. The topological polar surface area (TPSA) is 139 Å². The normalized spacial score (nSPS) is 44.1. The summed E-state index contributed by atoms with van der Waals surface area (Å²) in [5.74, 6) is 2.01. The number of nitrogens with zero attached hydrogens (tertiary/aromatic N) is 1. The molecule has 8 fully saturated rings. The molecule has 296 valence electrons. The maximum Gasteiger partial charge on any atom is 0.240 e. The minimum atomic E-state index is -0.832. The van der Waals surface area contributed by atoms with Crippen molar-refractivity contribution in [2.24, 2.45) is 58.7 Å². The summed E-state index contributed by atoms with van der Waals surface area (Å²) < 4.78 is 18.5. The molecular weight excluding hydrogens is 662 g/mol. The number of ether oxygens (including phenoxy) is 3. The second-order valence-corrected chi connectivity index (χ2v) is 18.7. The average Bonchev–Trinajstić information content (AvgIpc) is 3.77. The third-order valence-electron chi connectivity index (χ3n) is 15.7. The minimum absolute atomic E-state index is 0.0782. The average molecular weight is 732 g/mol. The number of carbonyl (C=O) groups is 2. The van der Waals surface area contributed by atoms with E-state index in [1.807, 2.05) is 0 Å². The molecule has 0 aromatic heterocycles. The number of hydrogen-bond acceptors (Lipinski definition) is 9. The fourth-order valence-electron chi connectivity index (χ4n) is 12.5. The van der Waals surface area contributed by atoms with Crippen molar-refractivity contribution in [2.45, 2.75) is 154 Å². The monoisotopic (exact) mass is 732 g/mol. The van der Waals surface area contributed by atoms with Crippen molar-refractivity contribution >= 4 is 11.8 Å². The maximum atomic E-state index is 14.3. The molecule has 11 nitrogen and oxygen atoms in total. The summed E-state index contributed by atoms with van der Waals surface area (Å²) in [6.07, 6.45) is 12.4. The molecule has 2 amide bonds. The van der Waals surface area contributed by atoms with Gasteiger partial charge in [-0.25, -0.2) is 0 Å². The van der Waals surface area contributed by atoms with Gasteiger partial charge in [0.15, 0.2) is 0 Å². The first-order valence-electron chi connectivity index (χ1n) is 21.1. The Morgan fingerprint density at radius 3 is 2.48 bits per heavy atom. The molecule has 8 aliphatic rings. The third-order valence-corrected chi connectivity index (χ3v) is 15.7. The Kier molecular flexibility index (Phi) is 12.3. The molecule has 15 atom stereocenters. The maximum absolute atomic E-state index is 14.3. The van der Waals surface area contributed by atoms with Crippen LogP contribution in [0, 0.1) is 58.7 Å². The summed E-state index contributed by atoms with van der Waals surface area (Å²) >= 11 is 0. The van der Waals surface area contributed by atoms with Crippen molar-refractivity contribution in [2.75, 3.05) is 33.6 Å². The van der Waals surface area contributed by atoms with E-state index in [-0.39, 0.29) is 73.2 Å². The zero-order valence-electron chi connectivity index (χ0n) is 32.5. The molecule has 2 heterocycles. The van der Waals surface area contributed by atoms with Crippen LogP contribution in [-0.2, 0) is 28.6 Å². The van der Waals surface area contributed by atoms with Crippen molar-refractivity contribution in [3.8, 4) is 0 Å². The van der Waals surface area contributed by atoms with Gasteiger partial charge in [-0.15, -0.1) is 0 Å². The molecule has 8 rings (SSSR count). The Hall–Kier alpha value is -1.34. The predicted octanol–water partition coefficient (Wildman–Crippen LogP) is 4.43. The van der Waals surface area contributed by atoms with Crippen molar-refractivity contribution in [1.82, 2.24) is 15.7 Å². The highest BCUT2D eigenvalue weighted by Crippen LogP contribution is 2.61. The van der Waals surface area contributed by atoms with Crippen LogP contribution in [0.3, 0.4) is 0 Å². The molecule has 0 aromatic carbocycles. The van der Waals surface area contributed by atoms with E-state index in [0.717, 1.165) is 57.4 Å². The minimum Gasteiger partial charge on any atom is -0.394 e. The molecule has 4 N–H and O–H groups in total. The fourth-order valence-corrected chi connectivity index (χ4v) is 12.5. The van der Waals surface area contributed by atoms with Crippen LogP contribution in [0.25, 0.3) is 0 Å². The molecule has 6 saturated carbocycles. The Morgan fingerprint density at radius 1 is 1.00 bits per heavy atom. The van der Waals surface area contributed by atoms with Gasteiger partial charge in [0.1, 0.15) is 18.9 Å². The van der Waals surface area contributed by atoms with Crippen molar-refractivity contribution in [3.05, 3.63) is 0 Å². The highest BCUT2D eigenvalue weighted by Gasteiger charge is 2.58. The number of nitrogens with one attached hydrogen (secondary N) is 2. The van der Waals surface area contributed by atoms with E-state index in [4.69, 9.17) is 19.0 Å². The lowest BCUT2D eigenvalue weighted by Crippen LogP contribution is -2.62. The summed E-state index contributed by atoms with van der Waals surface area (Å²) in [5, 5.41) is 29.8. The second kappa shape index (κ2) is 16.4. The van der Waals surface area contributed by atoms with Crippen LogP contribution >= 0.6 is 0 Å². The Labute approximate surface area is 311 Å². The highest BCUT2D eigenvalue weighted by atomic mass is 16.7. The van der Waals surface area contributed by atoms with Gasteiger partial charge in [0.2, 0.25) is 11.8 Å². The van der Waals surface area contributed by atoms with E-state index in [0.29, 0.717) is 29.7 Å². The van der Waals surface area contributed by atoms with Gasteiger partial charge < -0.3 is 35.1 Å². The molecule has 0 aromatic rings. The zero-order valence-corrected chi connectivity index (χ0v) is 32.5. The van der Waals surface area contributed by atoms with Gasteiger partial charge in [-0.3, -0.25) is 14.4 Å². The van der Waals surface area contributed by atoms with E-state index in [2.05, 4.69) is 31.4 Å². The van der Waals surface area contributed by atoms with Crippen LogP contribution in [0.5, 0.6) is 0 Å². The first-order chi connectivity index (χ1) is 25.0. The van der Waals surface area contributed by atoms with E-state index in [1.54, 1.807) is 19.1 Å². The molecule has 0 spiro atoms. The number of amides is 2. The van der Waals surface area contributed by atoms with Gasteiger partial charge in [0.05, 0.1) is 36.9 Å². The standard InChI is InChI=1S/C41H69N3O8/c1-23-31-18-28(41(31,3)4)19-32(23)43-40(48)36-35(24(2)46)34(21-45)52-44(36)20-26-12-9-13-29(37(26)49-5)27-16-30(38-33(17-27)50-22-51-38)39(47)42-15-14-25-10-7-6-8-11-25/h23-38,45-46H,6-22H2,1-5H3,(H,42,47)(H,43,48)/t23-,24-,26?,27?,28+,29?,30?,31-,32-,33?,34-,35-,36-,37?,38?/m0/s1. The Balaban J connectivity index is 1.03. The van der Waals surface area contributed by atoms with E-state index in [1.165, 1.54) is 38.5 Å². The number of hydroxylamine groups is 2. The van der Waals surface area contributed by atoms with E-state index >= 15 is 0 Å². The number of aliphatic hydroxyl groups is 2. The van der Waals surface area contributed by atoms with Crippen LogP contribution < -0.4 is 10.6 Å². The summed E-state index contributed by atoms with van der Waals surface area (Å²) in [4.78, 5) is 34.4. The first kappa shape index (κ1) is 38.9. The SMILES string of the molecule is COC1C(CN2O[C@@H](CO)[C@H]([C@H](C)O)[C@H]2C(=O)N[C@H]2C[C@H]3C[C@@H]([C@@H]2C)C3(C)C)CCCC1C1CC2OCOC2C(C(=O)NCCC2CCCCC2)C1. The van der Waals surface area contributed by atoms with Gasteiger partial charge in [0.25, 0.3) is 0 Å². The van der Waals surface area contributed by atoms with Crippen LogP contribution in [0.1, 0.15) is 111 Å². The third kappa shape index (κ3) is 7.59. The van der Waals surface area contributed by atoms with Gasteiger partial charge in [0, 0.05) is 38.1 Å². The zero-order chi connectivity index (χ0) is 36.7. The lowest BCUT2D eigenvalue weighted by molar-refractivity contribution is -0.193. The number of fused-ring (bicyclic) bond motifs is 3. The van der Waals surface area contributed by atoms with Gasteiger partial charge in [-0.1, -0.05) is 59.3 Å². The summed E-state index contributed by atoms with van der Waals surface area (Å²) in [7, 11) is 1.79. The van der Waals surface area contributed by atoms with E-state index < -0.39 is 24.2 Å². The van der Waals surface area contributed by atoms with Gasteiger partial charge >= 0.3 is 0 Å². The molecule has 2 bridgehead atoms. The van der Waals surface area contributed by atoms with Gasteiger partial charge in [-0.05, 0) is 92.8 Å². The molecule has 7 unspecified atom stereocenters. The summed E-state index contributed by atoms with van der Waals surface area (Å²) in [6.45, 7) is 9.84. The molecule has 6 aliphatic carbocycles. The molecule has 2 aliphatic heterocycles. The molecule has 2 saturated heterocycles. The summed E-state index contributed by atoms with van der Waals surface area (Å²) in [6, 6.07) is -0.622. The summed E-state index contributed by atoms with van der Waals surface area (Å²) in [5.41, 5.74) is 0.314.